The summed E-state index contributed by atoms with van der Waals surface area (Å²) in [6, 6.07) is 3.13. The molecule has 1 aliphatic rings. The fourth-order valence-corrected chi connectivity index (χ4v) is 3.75. The van der Waals surface area contributed by atoms with Crippen LogP contribution in [0.3, 0.4) is 0 Å². The molecule has 4 heterocycles. The predicted octanol–water partition coefficient (Wildman–Crippen LogP) is 1.21. The van der Waals surface area contributed by atoms with Crippen LogP contribution in [0.25, 0.3) is 11.0 Å². The summed E-state index contributed by atoms with van der Waals surface area (Å²) in [5.41, 5.74) is 0.660. The minimum Gasteiger partial charge on any atom is -0.383 e. The Kier molecular flexibility index (Phi) is 5.96. The van der Waals surface area contributed by atoms with E-state index in [9.17, 15) is 14.9 Å². The number of nitrogens with zero attached hydrogens (tertiary/aromatic N) is 7. The smallest absolute Gasteiger partial charge is 0.270 e. The molecule has 0 unspecified atom stereocenters. The van der Waals surface area contributed by atoms with E-state index in [0.717, 1.165) is 0 Å². The van der Waals surface area contributed by atoms with Gasteiger partial charge in [-0.1, -0.05) is 6.58 Å². The topological polar surface area (TPSA) is 131 Å². The normalized spacial score (nSPS) is 15.6. The predicted molar refractivity (Wildman–Crippen MR) is 116 cm³/mol. The van der Waals surface area contributed by atoms with Gasteiger partial charge in [0, 0.05) is 38.0 Å². The van der Waals surface area contributed by atoms with E-state index in [0.29, 0.717) is 55.3 Å². The number of fused-ring (bicyclic) bond motifs is 1. The monoisotopic (exact) mass is 434 g/mol. The van der Waals surface area contributed by atoms with Crippen LogP contribution in [0, 0.1) is 11.3 Å². The molecule has 4 rings (SSSR count). The second-order valence-electron chi connectivity index (χ2n) is 7.36. The molecule has 1 atom stereocenters. The number of carbonyl (C=O) groups is 1. The molecular formula is C21H22N8O3. The van der Waals surface area contributed by atoms with Crippen molar-refractivity contribution < 1.29 is 9.53 Å². The molecule has 1 fully saturated rings. The van der Waals surface area contributed by atoms with Crippen LogP contribution in [-0.2, 0) is 16.1 Å². The second kappa shape index (κ2) is 8.99. The molecule has 164 valence electrons. The lowest BCUT2D eigenvalue weighted by Crippen LogP contribution is -2.31. The Morgan fingerprint density at radius 3 is 3.06 bits per heavy atom. The quantitative estimate of drug-likeness (QED) is 0.549. The van der Waals surface area contributed by atoms with Gasteiger partial charge in [-0.15, -0.1) is 0 Å². The lowest BCUT2D eigenvalue weighted by atomic mass is 10.2. The van der Waals surface area contributed by atoms with Crippen molar-refractivity contribution in [3.05, 3.63) is 53.2 Å². The maximum atomic E-state index is 13.0. The number of hydrogen-bond acceptors (Lipinski definition) is 8. The number of likely N-dealkylation sites (tertiary alicyclic amines) is 1. The average Bonchev–Trinajstić information content (AvgIpc) is 3.46. The number of carbonyl (C=O) groups excluding carboxylic acids is 1. The molecule has 0 aromatic carbocycles. The lowest BCUT2D eigenvalue weighted by Gasteiger charge is -2.18. The maximum absolute atomic E-state index is 13.0. The summed E-state index contributed by atoms with van der Waals surface area (Å²) in [4.78, 5) is 35.5. The maximum Gasteiger partial charge on any atom is 0.270 e. The molecular weight excluding hydrogens is 412 g/mol. The van der Waals surface area contributed by atoms with E-state index in [2.05, 4.69) is 27.0 Å². The van der Waals surface area contributed by atoms with Crippen LogP contribution in [0.1, 0.15) is 18.0 Å². The number of aromatic nitrogens is 5. The third-order valence-corrected chi connectivity index (χ3v) is 5.32. The van der Waals surface area contributed by atoms with Gasteiger partial charge in [0.2, 0.25) is 11.9 Å². The van der Waals surface area contributed by atoms with Crippen molar-refractivity contribution in [2.24, 2.45) is 0 Å². The lowest BCUT2D eigenvalue weighted by molar-refractivity contribution is -0.125. The van der Waals surface area contributed by atoms with E-state index in [1.54, 1.807) is 35.3 Å². The third kappa shape index (κ3) is 4.08. The first kappa shape index (κ1) is 21.2. The van der Waals surface area contributed by atoms with Gasteiger partial charge in [-0.25, -0.2) is 4.98 Å². The average molecular weight is 434 g/mol. The highest BCUT2D eigenvalue weighted by atomic mass is 16.5. The molecule has 0 saturated carbocycles. The Hall–Kier alpha value is -4.04. The SMILES string of the molecule is C=CC(=O)N1CC[C@H](n2c(=O)c(C#N)cc3cnc(Nc4cnn(CCOC)c4)nc32)C1. The number of pyridine rings is 1. The molecule has 11 heteroatoms. The van der Waals surface area contributed by atoms with Crippen LogP contribution in [-0.4, -0.2) is 61.9 Å². The first-order valence-electron chi connectivity index (χ1n) is 10.1. The molecule has 3 aromatic heterocycles. The fraction of sp³-hybridized carbons (Fsp3) is 0.333. The summed E-state index contributed by atoms with van der Waals surface area (Å²) >= 11 is 0. The number of nitrogens with one attached hydrogen (secondary N) is 1. The highest BCUT2D eigenvalue weighted by Gasteiger charge is 2.29. The first-order valence-corrected chi connectivity index (χ1v) is 10.1. The zero-order chi connectivity index (χ0) is 22.7. The zero-order valence-electron chi connectivity index (χ0n) is 17.6. The summed E-state index contributed by atoms with van der Waals surface area (Å²) in [5.74, 6) is 0.0995. The molecule has 0 spiro atoms. The van der Waals surface area contributed by atoms with Gasteiger partial charge in [0.25, 0.3) is 5.56 Å². The minimum atomic E-state index is -0.435. The molecule has 32 heavy (non-hydrogen) atoms. The Morgan fingerprint density at radius 2 is 2.31 bits per heavy atom. The minimum absolute atomic E-state index is 0.00901. The van der Waals surface area contributed by atoms with Crippen LogP contribution in [0.15, 0.2) is 42.1 Å². The van der Waals surface area contributed by atoms with Gasteiger partial charge >= 0.3 is 0 Å². The van der Waals surface area contributed by atoms with Crippen molar-refractivity contribution in [2.45, 2.75) is 19.0 Å². The number of amides is 1. The highest BCUT2D eigenvalue weighted by molar-refractivity contribution is 5.87. The Bertz CT molecular complexity index is 1270. The van der Waals surface area contributed by atoms with Gasteiger partial charge in [-0.2, -0.15) is 15.3 Å². The number of hydrogen-bond donors (Lipinski definition) is 1. The van der Waals surface area contributed by atoms with Crippen molar-refractivity contribution in [1.82, 2.24) is 29.2 Å². The van der Waals surface area contributed by atoms with Crippen molar-refractivity contribution in [1.29, 1.82) is 5.26 Å². The Labute approximate surface area is 183 Å². The van der Waals surface area contributed by atoms with E-state index in [-0.39, 0.29) is 17.5 Å². The van der Waals surface area contributed by atoms with Crippen LogP contribution in [0.2, 0.25) is 0 Å². The van der Waals surface area contributed by atoms with Crippen LogP contribution < -0.4 is 10.9 Å². The molecule has 1 N–H and O–H groups in total. The standard InChI is InChI=1S/C21H22N8O3/c1-3-18(30)27-5-4-17(13-27)29-19-15(8-14(9-22)20(29)31)10-23-21(26-19)25-16-11-24-28(12-16)6-7-32-2/h3,8,10-12,17H,1,4-7,13H2,2H3,(H,23,25,26)/t17-/m0/s1. The molecule has 1 amide bonds. The number of rotatable bonds is 7. The fourth-order valence-electron chi connectivity index (χ4n) is 3.75. The van der Waals surface area contributed by atoms with Gasteiger partial charge < -0.3 is 15.0 Å². The van der Waals surface area contributed by atoms with Gasteiger partial charge in [0.15, 0.2) is 0 Å². The first-order chi connectivity index (χ1) is 15.5. The highest BCUT2D eigenvalue weighted by Crippen LogP contribution is 2.25. The molecule has 3 aromatic rings. The van der Waals surface area contributed by atoms with E-state index >= 15 is 0 Å². The third-order valence-electron chi connectivity index (χ3n) is 5.32. The summed E-state index contributed by atoms with van der Waals surface area (Å²) < 4.78 is 8.28. The van der Waals surface area contributed by atoms with Gasteiger partial charge in [0.05, 0.1) is 31.1 Å². The van der Waals surface area contributed by atoms with E-state index < -0.39 is 5.56 Å². The largest absolute Gasteiger partial charge is 0.383 e. The van der Waals surface area contributed by atoms with E-state index in [1.807, 2.05) is 6.07 Å². The number of anilines is 2. The van der Waals surface area contributed by atoms with Crippen LogP contribution in [0.5, 0.6) is 0 Å². The van der Waals surface area contributed by atoms with Crippen molar-refractivity contribution >= 4 is 28.6 Å². The summed E-state index contributed by atoms with van der Waals surface area (Å²) in [6.07, 6.45) is 6.84. The van der Waals surface area contributed by atoms with Crippen molar-refractivity contribution in [3.63, 3.8) is 0 Å². The van der Waals surface area contributed by atoms with E-state index in [1.165, 1.54) is 16.7 Å². The zero-order valence-corrected chi connectivity index (χ0v) is 17.6. The van der Waals surface area contributed by atoms with Gasteiger partial charge in [-0.3, -0.25) is 18.8 Å². The molecule has 0 radical (unpaired) electrons. The molecule has 11 nitrogen and oxygen atoms in total. The Morgan fingerprint density at radius 1 is 1.47 bits per heavy atom. The van der Waals surface area contributed by atoms with Gasteiger partial charge in [-0.05, 0) is 18.6 Å². The van der Waals surface area contributed by atoms with E-state index in [4.69, 9.17) is 4.74 Å². The molecule has 1 saturated heterocycles. The summed E-state index contributed by atoms with van der Waals surface area (Å²) in [7, 11) is 1.62. The molecule has 0 aliphatic carbocycles. The van der Waals surface area contributed by atoms with Gasteiger partial charge in [0.1, 0.15) is 17.3 Å². The number of nitriles is 1. The number of ether oxygens (including phenoxy) is 1. The Balaban J connectivity index is 1.70. The van der Waals surface area contributed by atoms with Crippen LogP contribution in [0.4, 0.5) is 11.6 Å². The molecule has 1 aliphatic heterocycles. The van der Waals surface area contributed by atoms with Crippen LogP contribution >= 0.6 is 0 Å². The summed E-state index contributed by atoms with van der Waals surface area (Å²) in [6.45, 7) is 5.50. The summed E-state index contributed by atoms with van der Waals surface area (Å²) in [5, 5.41) is 17.3. The second-order valence-corrected chi connectivity index (χ2v) is 7.36. The molecule has 0 bridgehead atoms. The van der Waals surface area contributed by atoms with Crippen molar-refractivity contribution in [2.75, 3.05) is 32.1 Å². The number of methoxy groups -OCH3 is 1. The van der Waals surface area contributed by atoms with Crippen molar-refractivity contribution in [3.8, 4) is 6.07 Å².